The van der Waals surface area contributed by atoms with Crippen molar-refractivity contribution in [1.29, 1.82) is 0 Å². The Morgan fingerprint density at radius 1 is 1.29 bits per heavy atom. The molecule has 0 bridgehead atoms. The van der Waals surface area contributed by atoms with Gasteiger partial charge in [0.2, 0.25) is 0 Å². The van der Waals surface area contributed by atoms with Crippen molar-refractivity contribution >= 4 is 17.9 Å². The van der Waals surface area contributed by atoms with E-state index in [2.05, 4.69) is 57.7 Å². The lowest BCUT2D eigenvalue weighted by molar-refractivity contribution is 0.0138. The molecular weight excluding hydrogens is 406 g/mol. The summed E-state index contributed by atoms with van der Waals surface area (Å²) in [6.07, 6.45) is 17.7. The van der Waals surface area contributed by atoms with E-state index in [1.54, 1.807) is 18.9 Å². The highest BCUT2D eigenvalue weighted by Crippen LogP contribution is 2.40. The second kappa shape index (κ2) is 13.2. The lowest BCUT2D eigenvalue weighted by Gasteiger charge is -2.35. The molecule has 31 heavy (non-hydrogen) atoms. The first-order chi connectivity index (χ1) is 14.5. The Kier molecular flexibility index (Phi) is 11.7. The standard InChI is InChI=1S/C26H43NO3S/c1-9-15-23(29-8)19-18-21(2)16-13-11-10-12-14-17-22-20-31-26(6,7)27(22)24(28)30-25(3,4)5/h9,11,13-14,16-17,22-23H,1,10,12,15,18-20H2,2-8H3/b13-11+,17-14-,21-16+/t22-,23+/m1/s1. The molecule has 1 rings (SSSR count). The molecule has 0 aromatic carbocycles. The number of hydrogen-bond acceptors (Lipinski definition) is 4. The van der Waals surface area contributed by atoms with Crippen molar-refractivity contribution in [3.8, 4) is 0 Å². The van der Waals surface area contributed by atoms with E-state index in [0.717, 1.165) is 37.9 Å². The van der Waals surface area contributed by atoms with E-state index < -0.39 is 5.60 Å². The van der Waals surface area contributed by atoms with Crippen molar-refractivity contribution in [2.75, 3.05) is 12.9 Å². The Hall–Kier alpha value is -1.46. The van der Waals surface area contributed by atoms with Crippen molar-refractivity contribution in [3.63, 3.8) is 0 Å². The Bertz CT molecular complexity index is 658. The molecule has 0 saturated carbocycles. The summed E-state index contributed by atoms with van der Waals surface area (Å²) in [5, 5.41) is 0. The fourth-order valence-corrected chi connectivity index (χ4v) is 4.59. The highest BCUT2D eigenvalue weighted by Gasteiger charge is 2.44. The van der Waals surface area contributed by atoms with Gasteiger partial charge in [0.1, 0.15) is 5.60 Å². The van der Waals surface area contributed by atoms with Gasteiger partial charge in [-0.3, -0.25) is 4.90 Å². The summed E-state index contributed by atoms with van der Waals surface area (Å²) in [6, 6.07) is 0.0743. The van der Waals surface area contributed by atoms with E-state index in [1.807, 2.05) is 31.7 Å². The fraction of sp³-hybridized carbons (Fsp3) is 0.654. The van der Waals surface area contributed by atoms with E-state index in [0.29, 0.717) is 0 Å². The molecule has 0 aromatic heterocycles. The molecule has 1 saturated heterocycles. The minimum Gasteiger partial charge on any atom is -0.444 e. The molecule has 1 amide bonds. The molecule has 0 aliphatic carbocycles. The maximum Gasteiger partial charge on any atom is 0.411 e. The maximum atomic E-state index is 12.7. The molecule has 4 nitrogen and oxygen atoms in total. The lowest BCUT2D eigenvalue weighted by Crippen LogP contribution is -2.48. The van der Waals surface area contributed by atoms with Crippen LogP contribution in [0.2, 0.25) is 0 Å². The summed E-state index contributed by atoms with van der Waals surface area (Å²) >= 11 is 1.79. The normalized spacial score (nSPS) is 20.5. The molecule has 0 spiro atoms. The van der Waals surface area contributed by atoms with Crippen molar-refractivity contribution < 1.29 is 14.3 Å². The Morgan fingerprint density at radius 2 is 1.97 bits per heavy atom. The Balaban J connectivity index is 2.47. The van der Waals surface area contributed by atoms with Gasteiger partial charge in [-0.1, -0.05) is 42.0 Å². The van der Waals surface area contributed by atoms with E-state index in [1.165, 1.54) is 5.57 Å². The molecule has 1 heterocycles. The smallest absolute Gasteiger partial charge is 0.411 e. The molecule has 0 N–H and O–H groups in total. The SMILES string of the molecule is C=CC[C@@H](CC/C(C)=C/C=C/CC/C=C\[C@@H]1CSC(C)(C)N1C(=O)OC(C)(C)C)OC. The average molecular weight is 450 g/mol. The van der Waals surface area contributed by atoms with Gasteiger partial charge in [0.15, 0.2) is 0 Å². The number of carbonyl (C=O) groups excluding carboxylic acids is 1. The molecule has 5 heteroatoms. The second-order valence-corrected chi connectivity index (χ2v) is 11.2. The van der Waals surface area contributed by atoms with Crippen LogP contribution in [0.5, 0.6) is 0 Å². The molecule has 1 aliphatic rings. The number of unbranched alkanes of at least 4 members (excludes halogenated alkanes) is 1. The van der Waals surface area contributed by atoms with E-state index in [9.17, 15) is 4.79 Å². The number of nitrogens with zero attached hydrogens (tertiary/aromatic N) is 1. The van der Waals surface area contributed by atoms with E-state index in [-0.39, 0.29) is 23.1 Å². The summed E-state index contributed by atoms with van der Waals surface area (Å²) in [6.45, 7) is 15.8. The molecule has 1 fully saturated rings. The second-order valence-electron chi connectivity index (χ2n) is 9.54. The zero-order chi connectivity index (χ0) is 23.5. The number of thioether (sulfide) groups is 1. The minimum absolute atomic E-state index is 0.0743. The molecule has 0 radical (unpaired) electrons. The number of methoxy groups -OCH3 is 1. The third kappa shape index (κ3) is 10.6. The zero-order valence-electron chi connectivity index (χ0n) is 20.6. The number of ether oxygens (including phenoxy) is 2. The monoisotopic (exact) mass is 449 g/mol. The van der Waals surface area contributed by atoms with E-state index >= 15 is 0 Å². The van der Waals surface area contributed by atoms with Crippen LogP contribution in [-0.2, 0) is 9.47 Å². The third-order valence-electron chi connectivity index (χ3n) is 5.11. The first-order valence-electron chi connectivity index (χ1n) is 11.3. The molecule has 0 aromatic rings. The van der Waals surface area contributed by atoms with Crippen molar-refractivity contribution in [1.82, 2.24) is 4.90 Å². The van der Waals surface area contributed by atoms with Crippen LogP contribution in [0.4, 0.5) is 4.79 Å². The molecule has 176 valence electrons. The predicted octanol–water partition coefficient (Wildman–Crippen LogP) is 7.29. The summed E-state index contributed by atoms with van der Waals surface area (Å²) < 4.78 is 11.1. The molecular formula is C26H43NO3S. The van der Waals surface area contributed by atoms with Crippen LogP contribution in [0.15, 0.2) is 48.6 Å². The summed E-state index contributed by atoms with van der Waals surface area (Å²) in [7, 11) is 1.76. The quantitative estimate of drug-likeness (QED) is 0.189. The van der Waals surface area contributed by atoms with Crippen LogP contribution >= 0.6 is 11.8 Å². The van der Waals surface area contributed by atoms with Crippen LogP contribution < -0.4 is 0 Å². The lowest BCUT2D eigenvalue weighted by atomic mass is 10.1. The number of allylic oxidation sites excluding steroid dienone is 5. The molecule has 0 unspecified atom stereocenters. The Labute approximate surface area is 194 Å². The van der Waals surface area contributed by atoms with Crippen molar-refractivity contribution in [2.45, 2.75) is 96.3 Å². The first-order valence-corrected chi connectivity index (χ1v) is 12.3. The van der Waals surface area contributed by atoms with Gasteiger partial charge in [0, 0.05) is 12.9 Å². The fourth-order valence-electron chi connectivity index (χ4n) is 3.40. The minimum atomic E-state index is -0.485. The van der Waals surface area contributed by atoms with Gasteiger partial charge in [-0.15, -0.1) is 18.3 Å². The van der Waals surface area contributed by atoms with Gasteiger partial charge in [-0.25, -0.2) is 4.79 Å². The van der Waals surface area contributed by atoms with E-state index in [4.69, 9.17) is 9.47 Å². The molecule has 1 aliphatic heterocycles. The number of hydrogen-bond donors (Lipinski definition) is 0. The van der Waals surface area contributed by atoms with Gasteiger partial charge >= 0.3 is 6.09 Å². The highest BCUT2D eigenvalue weighted by molar-refractivity contribution is 8.00. The zero-order valence-corrected chi connectivity index (χ0v) is 21.5. The Morgan fingerprint density at radius 3 is 2.58 bits per heavy atom. The van der Waals surface area contributed by atoms with Crippen LogP contribution in [0.3, 0.4) is 0 Å². The average Bonchev–Trinajstić information content (AvgIpc) is 2.97. The van der Waals surface area contributed by atoms with Gasteiger partial charge < -0.3 is 9.47 Å². The van der Waals surface area contributed by atoms with Crippen LogP contribution in [0.25, 0.3) is 0 Å². The van der Waals surface area contributed by atoms with Gasteiger partial charge in [0.25, 0.3) is 0 Å². The summed E-state index contributed by atoms with van der Waals surface area (Å²) in [5.74, 6) is 0.898. The summed E-state index contributed by atoms with van der Waals surface area (Å²) in [4.78, 5) is 14.3. The molecule has 2 atom stereocenters. The van der Waals surface area contributed by atoms with Gasteiger partial charge in [-0.2, -0.15) is 0 Å². The topological polar surface area (TPSA) is 38.8 Å². The number of rotatable bonds is 11. The number of amides is 1. The largest absolute Gasteiger partial charge is 0.444 e. The highest BCUT2D eigenvalue weighted by atomic mass is 32.2. The first kappa shape index (κ1) is 27.6. The maximum absolute atomic E-state index is 12.7. The van der Waals surface area contributed by atoms with Crippen molar-refractivity contribution in [2.24, 2.45) is 0 Å². The van der Waals surface area contributed by atoms with Gasteiger partial charge in [0.05, 0.1) is 17.0 Å². The van der Waals surface area contributed by atoms with Crippen LogP contribution in [0.1, 0.15) is 73.6 Å². The predicted molar refractivity (Wildman–Crippen MR) is 135 cm³/mol. The third-order valence-corrected chi connectivity index (χ3v) is 6.52. The summed E-state index contributed by atoms with van der Waals surface area (Å²) in [5.41, 5.74) is 0.873. The van der Waals surface area contributed by atoms with Gasteiger partial charge in [-0.05, 0) is 73.6 Å². The van der Waals surface area contributed by atoms with Crippen molar-refractivity contribution in [3.05, 3.63) is 48.6 Å². The van der Waals surface area contributed by atoms with Crippen LogP contribution in [0, 0.1) is 0 Å². The van der Waals surface area contributed by atoms with Crippen LogP contribution in [-0.4, -0.2) is 46.5 Å². The number of carbonyl (C=O) groups is 1.